The molecule has 1 N–H and O–H groups in total. The minimum absolute atomic E-state index is 0.0169. The predicted octanol–water partition coefficient (Wildman–Crippen LogP) is 5.20. The van der Waals surface area contributed by atoms with Gasteiger partial charge in [0.05, 0.1) is 0 Å². The van der Waals surface area contributed by atoms with Crippen molar-refractivity contribution in [3.05, 3.63) is 77.4 Å². The first kappa shape index (κ1) is 25.6. The van der Waals surface area contributed by atoms with E-state index in [1.807, 2.05) is 19.3 Å². The second-order valence-electron chi connectivity index (χ2n) is 11.1. The van der Waals surface area contributed by atoms with E-state index in [0.29, 0.717) is 17.9 Å². The first-order valence-corrected chi connectivity index (χ1v) is 14.2. The Balaban J connectivity index is 1.25. The number of piperidine rings is 1. The van der Waals surface area contributed by atoms with Gasteiger partial charge in [-0.25, -0.2) is 0 Å². The van der Waals surface area contributed by atoms with Crippen LogP contribution in [0.2, 0.25) is 0 Å². The summed E-state index contributed by atoms with van der Waals surface area (Å²) in [4.78, 5) is 42.3. The number of ketones is 1. The van der Waals surface area contributed by atoms with E-state index in [1.165, 1.54) is 24.8 Å². The molecule has 2 aromatic heterocycles. The highest BCUT2D eigenvalue weighted by Gasteiger charge is 2.32. The number of fused-ring (bicyclic) bond motifs is 1. The molecule has 1 unspecified atom stereocenters. The van der Waals surface area contributed by atoms with Gasteiger partial charge in [-0.15, -0.1) is 0 Å². The first-order valence-electron chi connectivity index (χ1n) is 14.2. The Kier molecular flexibility index (Phi) is 7.33. The molecule has 1 saturated heterocycles. The largest absolute Gasteiger partial charge is 0.325 e. The van der Waals surface area contributed by atoms with Crippen molar-refractivity contribution < 1.29 is 9.59 Å². The zero-order valence-corrected chi connectivity index (χ0v) is 22.5. The Bertz CT molecular complexity index is 1420. The summed E-state index contributed by atoms with van der Waals surface area (Å²) in [6, 6.07) is 10.3. The number of nitrogens with zero attached hydrogens (tertiary/aromatic N) is 4. The molecule has 4 heterocycles. The number of likely N-dealkylation sites (tertiary alicyclic amines) is 1. The smallest absolute Gasteiger partial charge is 0.227 e. The Hall–Kier alpha value is -3.71. The fraction of sp³-hybridized carbons (Fsp3) is 0.406. The summed E-state index contributed by atoms with van der Waals surface area (Å²) in [6.07, 6.45) is 13.7. The number of hydrogen-bond acceptors (Lipinski definition) is 6. The monoisotopic (exact) mass is 521 g/mol. The maximum absolute atomic E-state index is 13.9. The molecule has 3 aliphatic rings. The Morgan fingerprint density at radius 1 is 1.00 bits per heavy atom. The van der Waals surface area contributed by atoms with Crippen LogP contribution < -0.4 is 5.32 Å². The summed E-state index contributed by atoms with van der Waals surface area (Å²) in [5.41, 5.74) is 7.21. The normalized spacial score (nSPS) is 18.1. The molecule has 2 fully saturated rings. The summed E-state index contributed by atoms with van der Waals surface area (Å²) in [5.74, 6) is -0.447. The van der Waals surface area contributed by atoms with Gasteiger partial charge in [-0.3, -0.25) is 29.4 Å². The van der Waals surface area contributed by atoms with E-state index in [1.54, 1.807) is 18.5 Å². The van der Waals surface area contributed by atoms with Crippen LogP contribution in [0.1, 0.15) is 67.2 Å². The quantitative estimate of drug-likeness (QED) is 0.441. The minimum atomic E-state index is -0.490. The van der Waals surface area contributed by atoms with E-state index in [9.17, 15) is 9.59 Å². The van der Waals surface area contributed by atoms with Gasteiger partial charge in [0.2, 0.25) is 5.91 Å². The van der Waals surface area contributed by atoms with Gasteiger partial charge in [-0.2, -0.15) is 0 Å². The van der Waals surface area contributed by atoms with Gasteiger partial charge in [0.15, 0.2) is 5.78 Å². The molecule has 7 heteroatoms. The summed E-state index contributed by atoms with van der Waals surface area (Å²) in [7, 11) is 0. The van der Waals surface area contributed by atoms with E-state index < -0.39 is 5.92 Å². The molecule has 7 nitrogen and oxygen atoms in total. The van der Waals surface area contributed by atoms with E-state index in [2.05, 4.69) is 44.5 Å². The lowest BCUT2D eigenvalue weighted by Crippen LogP contribution is -2.29. The van der Waals surface area contributed by atoms with Crippen LogP contribution in [0.3, 0.4) is 0 Å². The summed E-state index contributed by atoms with van der Waals surface area (Å²) in [6.45, 7) is 5.67. The first-order chi connectivity index (χ1) is 19.1. The van der Waals surface area contributed by atoms with E-state index in [-0.39, 0.29) is 17.6 Å². The molecule has 1 amide bonds. The maximum atomic E-state index is 13.9. The van der Waals surface area contributed by atoms with Crippen molar-refractivity contribution in [3.63, 3.8) is 0 Å². The predicted molar refractivity (Wildman–Crippen MR) is 153 cm³/mol. The van der Waals surface area contributed by atoms with Crippen LogP contribution in [-0.4, -0.2) is 51.9 Å². The Morgan fingerprint density at radius 3 is 2.67 bits per heavy atom. The minimum Gasteiger partial charge on any atom is -0.325 e. The number of amides is 1. The highest BCUT2D eigenvalue weighted by Crippen LogP contribution is 2.33. The number of hydrogen-bond donors (Lipinski definition) is 1. The molecular formula is C32H35N5O2. The molecular weight excluding hydrogens is 486 g/mol. The number of benzene rings is 1. The van der Waals surface area contributed by atoms with E-state index in [0.717, 1.165) is 66.7 Å². The Morgan fingerprint density at radius 2 is 1.85 bits per heavy atom. The van der Waals surface area contributed by atoms with Crippen molar-refractivity contribution in [1.29, 1.82) is 0 Å². The third-order valence-corrected chi connectivity index (χ3v) is 8.15. The highest BCUT2D eigenvalue weighted by atomic mass is 16.2. The number of carbonyl (C=O) groups excluding carboxylic acids is 2. The molecule has 0 bridgehead atoms. The van der Waals surface area contributed by atoms with Crippen LogP contribution in [0, 0.1) is 5.92 Å². The van der Waals surface area contributed by atoms with Crippen molar-refractivity contribution in [2.24, 2.45) is 10.9 Å². The number of aromatic nitrogens is 2. The fourth-order valence-electron chi connectivity index (χ4n) is 5.68. The van der Waals surface area contributed by atoms with Gasteiger partial charge < -0.3 is 5.32 Å². The van der Waals surface area contributed by atoms with Crippen molar-refractivity contribution in [3.8, 4) is 11.1 Å². The number of Topliss-reactive ketones (excluding diaryl/α,β-unsaturated/α-hetero) is 1. The van der Waals surface area contributed by atoms with E-state index in [4.69, 9.17) is 4.99 Å². The summed E-state index contributed by atoms with van der Waals surface area (Å²) in [5, 5.41) is 3.01. The fourth-order valence-corrected chi connectivity index (χ4v) is 5.68. The molecule has 0 radical (unpaired) electrons. The third-order valence-electron chi connectivity index (χ3n) is 8.15. The lowest BCUT2D eigenvalue weighted by molar-refractivity contribution is -0.117. The van der Waals surface area contributed by atoms with Gasteiger partial charge in [0.1, 0.15) is 5.71 Å². The summed E-state index contributed by atoms with van der Waals surface area (Å²) < 4.78 is 0. The molecule has 39 heavy (non-hydrogen) atoms. The number of rotatable bonds is 8. The maximum Gasteiger partial charge on any atom is 0.227 e. The lowest BCUT2D eigenvalue weighted by atomic mass is 9.86. The molecule has 3 aromatic rings. The van der Waals surface area contributed by atoms with E-state index >= 15 is 0 Å². The summed E-state index contributed by atoms with van der Waals surface area (Å²) >= 11 is 0. The third kappa shape index (κ3) is 5.69. The zero-order valence-electron chi connectivity index (χ0n) is 22.5. The van der Waals surface area contributed by atoms with Gasteiger partial charge in [0, 0.05) is 72.1 Å². The van der Waals surface area contributed by atoms with Crippen LogP contribution in [0.5, 0.6) is 0 Å². The number of pyridine rings is 2. The van der Waals surface area contributed by atoms with Crippen LogP contribution in [0.15, 0.2) is 60.1 Å². The van der Waals surface area contributed by atoms with Gasteiger partial charge in [-0.05, 0) is 80.1 Å². The highest BCUT2D eigenvalue weighted by molar-refractivity contribution is 6.48. The van der Waals surface area contributed by atoms with Crippen molar-refractivity contribution in [2.45, 2.75) is 57.9 Å². The van der Waals surface area contributed by atoms with Crippen LogP contribution in [0.4, 0.5) is 5.69 Å². The SMILES string of the molecule is CC(C(=O)C1=NCCc2ccc(-c3cncc(CN4CCCCC4)c3)cc21)c1cnccc1NC(=O)C1CC1. The Labute approximate surface area is 229 Å². The topological polar surface area (TPSA) is 87.6 Å². The molecule has 1 aliphatic carbocycles. The van der Waals surface area contributed by atoms with Crippen molar-refractivity contribution in [1.82, 2.24) is 14.9 Å². The second kappa shape index (κ2) is 11.2. The molecule has 200 valence electrons. The van der Waals surface area contributed by atoms with Crippen LogP contribution in [0.25, 0.3) is 11.1 Å². The molecule has 0 spiro atoms. The average Bonchev–Trinajstić information content (AvgIpc) is 3.83. The van der Waals surface area contributed by atoms with Crippen LogP contribution in [-0.2, 0) is 22.6 Å². The average molecular weight is 522 g/mol. The molecule has 1 atom stereocenters. The van der Waals surface area contributed by atoms with Crippen molar-refractivity contribution in [2.75, 3.05) is 25.0 Å². The van der Waals surface area contributed by atoms with Gasteiger partial charge in [-0.1, -0.05) is 25.5 Å². The number of aliphatic imine (C=N–C) groups is 1. The molecule has 2 aliphatic heterocycles. The standard InChI is InChI=1S/C32H35N5O2/c1-21(28-19-33-11-10-29(28)36-32(39)24-6-7-24)31(38)30-27-16-25(8-5-23(27)9-12-35-30)26-15-22(17-34-18-26)20-37-13-3-2-4-14-37/h5,8,10-11,15-19,21,24H,2-4,6-7,9,12-14,20H2,1H3,(H,33,36,39). The number of anilines is 1. The van der Waals surface area contributed by atoms with Gasteiger partial charge in [0.25, 0.3) is 0 Å². The zero-order chi connectivity index (χ0) is 26.8. The van der Waals surface area contributed by atoms with Crippen LogP contribution >= 0.6 is 0 Å². The number of nitrogens with one attached hydrogen (secondary N) is 1. The lowest BCUT2D eigenvalue weighted by Gasteiger charge is -2.26. The number of carbonyl (C=O) groups is 2. The molecule has 6 rings (SSSR count). The van der Waals surface area contributed by atoms with Gasteiger partial charge >= 0.3 is 0 Å². The molecule has 1 aromatic carbocycles. The van der Waals surface area contributed by atoms with Crippen molar-refractivity contribution >= 4 is 23.1 Å². The second-order valence-corrected chi connectivity index (χ2v) is 11.1. The molecule has 1 saturated carbocycles.